The molecule has 1 saturated heterocycles. The average Bonchev–Trinajstić information content (AvgIpc) is 2.55. The summed E-state index contributed by atoms with van der Waals surface area (Å²) in [6, 6.07) is 2.74. The highest BCUT2D eigenvalue weighted by molar-refractivity contribution is 5.94. The molecule has 1 aromatic rings. The summed E-state index contributed by atoms with van der Waals surface area (Å²) < 4.78 is 0. The van der Waals surface area contributed by atoms with Gasteiger partial charge in [0.05, 0.1) is 0 Å². The van der Waals surface area contributed by atoms with Crippen molar-refractivity contribution in [2.45, 2.75) is 39.8 Å². The Kier molecular flexibility index (Phi) is 3.24. The van der Waals surface area contributed by atoms with E-state index < -0.39 is 0 Å². The van der Waals surface area contributed by atoms with Gasteiger partial charge in [0.2, 0.25) is 0 Å². The molecule has 0 bridgehead atoms. The van der Waals surface area contributed by atoms with Gasteiger partial charge in [-0.3, -0.25) is 4.79 Å². The molecule has 1 fully saturated rings. The van der Waals surface area contributed by atoms with E-state index in [0.29, 0.717) is 12.1 Å². The molecule has 4 heteroatoms. The number of H-pyrrole nitrogens is 1. The second-order valence-corrected chi connectivity index (χ2v) is 5.19. The Balaban J connectivity index is 2.17. The van der Waals surface area contributed by atoms with Crippen LogP contribution >= 0.6 is 0 Å². The number of hydrogen-bond acceptors (Lipinski definition) is 2. The summed E-state index contributed by atoms with van der Waals surface area (Å²) in [5.74, 6) is 0.121. The van der Waals surface area contributed by atoms with Crippen LogP contribution in [0.5, 0.6) is 0 Å². The lowest BCUT2D eigenvalue weighted by Crippen LogP contribution is -2.56. The van der Waals surface area contributed by atoms with Gasteiger partial charge in [-0.05, 0) is 39.3 Å². The largest absolute Gasteiger partial charge is 0.354 e. The topological polar surface area (TPSA) is 48.1 Å². The van der Waals surface area contributed by atoms with Crippen LogP contribution in [0.3, 0.4) is 0 Å². The van der Waals surface area contributed by atoms with Crippen molar-refractivity contribution in [2.24, 2.45) is 0 Å². The number of carbonyl (C=O) groups is 1. The van der Waals surface area contributed by atoms with Crippen LogP contribution in [0.4, 0.5) is 0 Å². The molecule has 1 aliphatic heterocycles. The molecule has 94 valence electrons. The van der Waals surface area contributed by atoms with E-state index in [0.717, 1.165) is 30.0 Å². The molecular formula is C13H21N3O. The Hall–Kier alpha value is -1.29. The molecule has 0 saturated carbocycles. The van der Waals surface area contributed by atoms with E-state index in [1.807, 2.05) is 24.8 Å². The minimum atomic E-state index is 0.121. The van der Waals surface area contributed by atoms with Crippen LogP contribution in [-0.4, -0.2) is 41.0 Å². The molecule has 2 rings (SSSR count). The van der Waals surface area contributed by atoms with E-state index in [1.165, 1.54) is 0 Å². The molecule has 1 aliphatic rings. The molecule has 0 aliphatic carbocycles. The molecule has 1 amide bonds. The van der Waals surface area contributed by atoms with Gasteiger partial charge >= 0.3 is 0 Å². The summed E-state index contributed by atoms with van der Waals surface area (Å²) in [5, 5.41) is 3.43. The highest BCUT2D eigenvalue weighted by atomic mass is 16.2. The number of amides is 1. The maximum absolute atomic E-state index is 12.4. The fourth-order valence-electron chi connectivity index (χ4n) is 2.60. The zero-order chi connectivity index (χ0) is 12.6. The van der Waals surface area contributed by atoms with Crippen LogP contribution in [0.25, 0.3) is 0 Å². The molecule has 2 heterocycles. The third-order valence-electron chi connectivity index (χ3n) is 3.21. The van der Waals surface area contributed by atoms with Crippen molar-refractivity contribution in [3.05, 3.63) is 23.0 Å². The monoisotopic (exact) mass is 235 g/mol. The molecule has 4 nitrogen and oxygen atoms in total. The number of rotatable bonds is 1. The predicted octanol–water partition coefficient (Wildman–Crippen LogP) is 1.45. The third kappa shape index (κ3) is 2.52. The van der Waals surface area contributed by atoms with E-state index in [4.69, 9.17) is 0 Å². The summed E-state index contributed by atoms with van der Waals surface area (Å²) >= 11 is 0. The van der Waals surface area contributed by atoms with E-state index >= 15 is 0 Å². The van der Waals surface area contributed by atoms with Gasteiger partial charge in [0, 0.05) is 30.9 Å². The van der Waals surface area contributed by atoms with Gasteiger partial charge < -0.3 is 15.2 Å². The van der Waals surface area contributed by atoms with E-state index in [1.54, 1.807) is 0 Å². The maximum Gasteiger partial charge on any atom is 0.270 e. The summed E-state index contributed by atoms with van der Waals surface area (Å²) in [4.78, 5) is 17.5. The number of nitrogens with one attached hydrogen (secondary N) is 2. The van der Waals surface area contributed by atoms with E-state index in [2.05, 4.69) is 24.1 Å². The fourth-order valence-corrected chi connectivity index (χ4v) is 2.60. The summed E-state index contributed by atoms with van der Waals surface area (Å²) in [6.45, 7) is 9.74. The molecule has 2 atom stereocenters. The molecule has 2 N–H and O–H groups in total. The zero-order valence-corrected chi connectivity index (χ0v) is 11.0. The predicted molar refractivity (Wildman–Crippen MR) is 68.2 cm³/mol. The van der Waals surface area contributed by atoms with Gasteiger partial charge in [0.25, 0.3) is 5.91 Å². The van der Waals surface area contributed by atoms with Crippen LogP contribution in [-0.2, 0) is 0 Å². The van der Waals surface area contributed by atoms with Crippen molar-refractivity contribution < 1.29 is 4.79 Å². The van der Waals surface area contributed by atoms with Crippen LogP contribution in [0.2, 0.25) is 0 Å². The SMILES string of the molecule is Cc1cc(C)c(C(=O)N2C[C@H](C)N[C@@H](C)C2)[nH]1. The van der Waals surface area contributed by atoms with Crippen molar-refractivity contribution in [2.75, 3.05) is 13.1 Å². The second kappa shape index (κ2) is 4.53. The number of carbonyl (C=O) groups excluding carboxylic acids is 1. The first-order valence-corrected chi connectivity index (χ1v) is 6.19. The van der Waals surface area contributed by atoms with Gasteiger partial charge in [-0.2, -0.15) is 0 Å². The first-order chi connectivity index (χ1) is 7.97. The Morgan fingerprint density at radius 3 is 2.35 bits per heavy atom. The Bertz CT molecular complexity index is 414. The highest BCUT2D eigenvalue weighted by Gasteiger charge is 2.26. The van der Waals surface area contributed by atoms with Crippen molar-refractivity contribution in [3.63, 3.8) is 0 Å². The lowest BCUT2D eigenvalue weighted by atomic mass is 10.1. The maximum atomic E-state index is 12.4. The molecule has 1 aromatic heterocycles. The number of nitrogens with zero attached hydrogens (tertiary/aromatic N) is 1. The third-order valence-corrected chi connectivity index (χ3v) is 3.21. The van der Waals surface area contributed by atoms with Crippen LogP contribution in [0.1, 0.15) is 35.6 Å². The zero-order valence-electron chi connectivity index (χ0n) is 11.0. The smallest absolute Gasteiger partial charge is 0.270 e. The normalized spacial score (nSPS) is 25.1. The van der Waals surface area contributed by atoms with Gasteiger partial charge in [0.1, 0.15) is 5.69 Å². The molecule has 0 radical (unpaired) electrons. The first kappa shape index (κ1) is 12.2. The van der Waals surface area contributed by atoms with Crippen molar-refractivity contribution in [1.82, 2.24) is 15.2 Å². The minimum Gasteiger partial charge on any atom is -0.354 e. The molecule has 0 spiro atoms. The van der Waals surface area contributed by atoms with Gasteiger partial charge in [-0.1, -0.05) is 0 Å². The van der Waals surface area contributed by atoms with Crippen molar-refractivity contribution >= 4 is 5.91 Å². The van der Waals surface area contributed by atoms with Crippen molar-refractivity contribution in [1.29, 1.82) is 0 Å². The molecule has 0 unspecified atom stereocenters. The second-order valence-electron chi connectivity index (χ2n) is 5.19. The number of aromatic amines is 1. The minimum absolute atomic E-state index is 0.121. The lowest BCUT2D eigenvalue weighted by Gasteiger charge is -2.36. The lowest BCUT2D eigenvalue weighted by molar-refractivity contribution is 0.0667. The Labute approximate surface area is 102 Å². The standard InChI is InChI=1S/C13H21N3O/c1-8-5-9(2)15-12(8)13(17)16-6-10(3)14-11(4)7-16/h5,10-11,14-15H,6-7H2,1-4H3/t10-,11-/m0/s1. The average molecular weight is 235 g/mol. The van der Waals surface area contributed by atoms with Gasteiger partial charge in [-0.25, -0.2) is 0 Å². The molecule has 0 aromatic carbocycles. The Morgan fingerprint density at radius 1 is 1.29 bits per heavy atom. The molecular weight excluding hydrogens is 214 g/mol. The highest BCUT2D eigenvalue weighted by Crippen LogP contribution is 2.14. The van der Waals surface area contributed by atoms with Crippen LogP contribution < -0.4 is 5.32 Å². The Morgan fingerprint density at radius 2 is 1.88 bits per heavy atom. The van der Waals surface area contributed by atoms with Crippen LogP contribution in [0.15, 0.2) is 6.07 Å². The molecule has 17 heavy (non-hydrogen) atoms. The fraction of sp³-hybridized carbons (Fsp3) is 0.615. The van der Waals surface area contributed by atoms with E-state index in [-0.39, 0.29) is 5.91 Å². The van der Waals surface area contributed by atoms with Crippen LogP contribution in [0, 0.1) is 13.8 Å². The summed E-state index contributed by atoms with van der Waals surface area (Å²) in [7, 11) is 0. The number of aryl methyl sites for hydroxylation is 2. The van der Waals surface area contributed by atoms with Gasteiger partial charge in [-0.15, -0.1) is 0 Å². The van der Waals surface area contributed by atoms with Gasteiger partial charge in [0.15, 0.2) is 0 Å². The summed E-state index contributed by atoms with van der Waals surface area (Å²) in [6.07, 6.45) is 0. The van der Waals surface area contributed by atoms with Crippen molar-refractivity contribution in [3.8, 4) is 0 Å². The quantitative estimate of drug-likeness (QED) is 0.774. The number of aromatic nitrogens is 1. The van der Waals surface area contributed by atoms with E-state index in [9.17, 15) is 4.79 Å². The first-order valence-electron chi connectivity index (χ1n) is 6.19. The number of hydrogen-bond donors (Lipinski definition) is 2. The number of piperazine rings is 1. The summed E-state index contributed by atoms with van der Waals surface area (Å²) in [5.41, 5.74) is 2.82.